The Kier molecular flexibility index (Phi) is 7.19. The summed E-state index contributed by atoms with van der Waals surface area (Å²) in [6.07, 6.45) is 0.132. The standard InChI is InChI=1S/C13H23N2O.ClH/c1-4-15(14,5-2)11-12(3)16-13-9-7-6-8-10-13;/h6-10,12H,4-5,11,14H2,1-3H3;1H/q+1;/p-1. The Hall–Kier alpha value is -0.770. The van der Waals surface area contributed by atoms with Crippen LogP contribution in [-0.2, 0) is 0 Å². The fraction of sp³-hybridized carbons (Fsp3) is 0.538. The normalized spacial score (nSPS) is 12.7. The maximum atomic E-state index is 6.21. The van der Waals surface area contributed by atoms with Gasteiger partial charge in [-0.05, 0) is 32.9 Å². The van der Waals surface area contributed by atoms with Crippen LogP contribution in [0.3, 0.4) is 0 Å². The molecular formula is C13H23ClN2O. The molecule has 4 heteroatoms. The zero-order valence-electron chi connectivity index (χ0n) is 10.9. The van der Waals surface area contributed by atoms with Gasteiger partial charge in [0.25, 0.3) is 0 Å². The van der Waals surface area contributed by atoms with Gasteiger partial charge in [0, 0.05) is 0 Å². The second-order valence-corrected chi connectivity index (χ2v) is 4.28. The van der Waals surface area contributed by atoms with Gasteiger partial charge in [-0.25, -0.2) is 4.59 Å². The molecule has 1 rings (SSSR count). The molecule has 17 heavy (non-hydrogen) atoms. The summed E-state index contributed by atoms with van der Waals surface area (Å²) in [5, 5.41) is 0. The van der Waals surface area contributed by atoms with Crippen LogP contribution in [0.5, 0.6) is 5.75 Å². The van der Waals surface area contributed by atoms with Crippen molar-refractivity contribution in [2.24, 2.45) is 5.84 Å². The predicted octanol–water partition coefficient (Wildman–Crippen LogP) is -0.812. The molecule has 0 amide bonds. The zero-order chi connectivity index (χ0) is 12.0. The Morgan fingerprint density at radius 2 is 1.71 bits per heavy atom. The van der Waals surface area contributed by atoms with Gasteiger partial charge in [0.1, 0.15) is 18.4 Å². The number of para-hydroxylation sites is 1. The number of nitrogens with two attached hydrogens (primary N) is 1. The van der Waals surface area contributed by atoms with E-state index < -0.39 is 0 Å². The summed E-state index contributed by atoms with van der Waals surface area (Å²) < 4.78 is 6.38. The number of hydrogen-bond donors (Lipinski definition) is 1. The van der Waals surface area contributed by atoms with Gasteiger partial charge in [0.2, 0.25) is 0 Å². The Balaban J connectivity index is 0.00000256. The molecule has 2 N–H and O–H groups in total. The van der Waals surface area contributed by atoms with Crippen LogP contribution in [0.4, 0.5) is 0 Å². The van der Waals surface area contributed by atoms with Crippen LogP contribution < -0.4 is 23.0 Å². The van der Waals surface area contributed by atoms with Crippen LogP contribution in [0.25, 0.3) is 0 Å². The molecule has 0 fully saturated rings. The maximum absolute atomic E-state index is 6.21. The van der Waals surface area contributed by atoms with Gasteiger partial charge in [-0.15, -0.1) is 0 Å². The van der Waals surface area contributed by atoms with Gasteiger partial charge in [-0.3, -0.25) is 0 Å². The molecule has 0 aromatic heterocycles. The molecule has 0 saturated carbocycles. The third-order valence-corrected chi connectivity index (χ3v) is 2.96. The first kappa shape index (κ1) is 16.2. The second kappa shape index (κ2) is 7.54. The summed E-state index contributed by atoms with van der Waals surface area (Å²) in [5.74, 6) is 7.12. The molecule has 98 valence electrons. The highest BCUT2D eigenvalue weighted by Crippen LogP contribution is 2.12. The average Bonchev–Trinajstić information content (AvgIpc) is 2.30. The first-order chi connectivity index (χ1) is 7.59. The molecule has 0 heterocycles. The second-order valence-electron chi connectivity index (χ2n) is 4.28. The quantitative estimate of drug-likeness (QED) is 0.412. The molecule has 0 aliphatic carbocycles. The minimum Gasteiger partial charge on any atom is -1.00 e. The molecule has 0 aliphatic rings. The van der Waals surface area contributed by atoms with E-state index in [9.17, 15) is 0 Å². The Bertz CT molecular complexity index is 302. The van der Waals surface area contributed by atoms with E-state index in [-0.39, 0.29) is 18.5 Å². The zero-order valence-corrected chi connectivity index (χ0v) is 11.7. The van der Waals surface area contributed by atoms with Crippen LogP contribution in [0.2, 0.25) is 0 Å². The molecule has 0 radical (unpaired) electrons. The summed E-state index contributed by atoms with van der Waals surface area (Å²) in [4.78, 5) is 0. The van der Waals surface area contributed by atoms with Crippen LogP contribution in [0, 0.1) is 0 Å². The summed E-state index contributed by atoms with van der Waals surface area (Å²) in [5.41, 5.74) is 0. The Morgan fingerprint density at radius 1 is 1.18 bits per heavy atom. The predicted molar refractivity (Wildman–Crippen MR) is 66.9 cm³/mol. The molecule has 0 bridgehead atoms. The van der Waals surface area contributed by atoms with Gasteiger partial charge < -0.3 is 17.1 Å². The molecule has 3 nitrogen and oxygen atoms in total. The van der Waals surface area contributed by atoms with E-state index in [1.807, 2.05) is 30.3 Å². The van der Waals surface area contributed by atoms with Gasteiger partial charge in [0.05, 0.1) is 13.1 Å². The number of rotatable bonds is 6. The van der Waals surface area contributed by atoms with Gasteiger partial charge in [-0.2, -0.15) is 5.84 Å². The molecule has 1 aromatic rings. The SMILES string of the molecule is CC[N+](N)(CC)CC(C)Oc1ccccc1.[Cl-]. The first-order valence-corrected chi connectivity index (χ1v) is 5.96. The summed E-state index contributed by atoms with van der Waals surface area (Å²) in [6, 6.07) is 9.89. The van der Waals surface area contributed by atoms with E-state index in [1.54, 1.807) is 0 Å². The summed E-state index contributed by atoms with van der Waals surface area (Å²) in [6.45, 7) is 8.98. The topological polar surface area (TPSA) is 35.2 Å². The third kappa shape index (κ3) is 5.39. The van der Waals surface area contributed by atoms with Crippen LogP contribution in [0.1, 0.15) is 20.8 Å². The number of hydrogen-bond acceptors (Lipinski definition) is 2. The van der Waals surface area contributed by atoms with Gasteiger partial charge >= 0.3 is 0 Å². The highest BCUT2D eigenvalue weighted by Gasteiger charge is 2.22. The summed E-state index contributed by atoms with van der Waals surface area (Å²) in [7, 11) is 0. The van der Waals surface area contributed by atoms with E-state index in [1.165, 1.54) is 0 Å². The van der Waals surface area contributed by atoms with E-state index in [4.69, 9.17) is 10.6 Å². The monoisotopic (exact) mass is 258 g/mol. The number of halogens is 1. The first-order valence-electron chi connectivity index (χ1n) is 5.96. The van der Waals surface area contributed by atoms with E-state index in [0.29, 0.717) is 4.59 Å². The molecule has 0 saturated heterocycles. The lowest BCUT2D eigenvalue weighted by Crippen LogP contribution is -3.00. The van der Waals surface area contributed by atoms with Crippen molar-refractivity contribution >= 4 is 0 Å². The van der Waals surface area contributed by atoms with Crippen molar-refractivity contribution in [1.82, 2.24) is 0 Å². The lowest BCUT2D eigenvalue weighted by Gasteiger charge is -2.32. The largest absolute Gasteiger partial charge is 1.00 e. The molecular weight excluding hydrogens is 236 g/mol. The van der Waals surface area contributed by atoms with Crippen molar-refractivity contribution in [2.75, 3.05) is 19.6 Å². The van der Waals surface area contributed by atoms with Crippen LogP contribution in [-0.4, -0.2) is 30.3 Å². The number of ether oxygens (including phenoxy) is 1. The average molecular weight is 259 g/mol. The Labute approximate surface area is 111 Å². The van der Waals surface area contributed by atoms with Crippen LogP contribution in [0.15, 0.2) is 30.3 Å². The molecule has 0 spiro atoms. The fourth-order valence-corrected chi connectivity index (χ4v) is 1.76. The smallest absolute Gasteiger partial charge is 0.146 e. The van der Waals surface area contributed by atoms with Crippen molar-refractivity contribution in [2.45, 2.75) is 26.9 Å². The highest BCUT2D eigenvalue weighted by atomic mass is 35.5. The van der Waals surface area contributed by atoms with Gasteiger partial charge in [0.15, 0.2) is 0 Å². The van der Waals surface area contributed by atoms with Gasteiger partial charge in [-0.1, -0.05) is 18.2 Å². The number of nitrogens with zero attached hydrogens (tertiary/aromatic N) is 1. The van der Waals surface area contributed by atoms with E-state index in [2.05, 4.69) is 20.8 Å². The van der Waals surface area contributed by atoms with Crippen molar-refractivity contribution in [3.05, 3.63) is 30.3 Å². The van der Waals surface area contributed by atoms with E-state index >= 15 is 0 Å². The van der Waals surface area contributed by atoms with Crippen molar-refractivity contribution in [1.29, 1.82) is 0 Å². The number of likely N-dealkylation sites (N-methyl/N-ethyl adjacent to an activating group) is 1. The molecule has 1 atom stereocenters. The fourth-order valence-electron chi connectivity index (χ4n) is 1.76. The summed E-state index contributed by atoms with van der Waals surface area (Å²) >= 11 is 0. The van der Waals surface area contributed by atoms with Crippen LogP contribution >= 0.6 is 0 Å². The molecule has 1 aromatic carbocycles. The Morgan fingerprint density at radius 3 is 2.18 bits per heavy atom. The lowest BCUT2D eigenvalue weighted by molar-refractivity contribution is -0.938. The minimum atomic E-state index is 0. The third-order valence-electron chi connectivity index (χ3n) is 2.96. The van der Waals surface area contributed by atoms with Crippen molar-refractivity contribution < 1.29 is 21.7 Å². The van der Waals surface area contributed by atoms with Crippen molar-refractivity contribution in [3.8, 4) is 5.75 Å². The highest BCUT2D eigenvalue weighted by molar-refractivity contribution is 5.21. The maximum Gasteiger partial charge on any atom is 0.146 e. The lowest BCUT2D eigenvalue weighted by atomic mass is 10.3. The van der Waals surface area contributed by atoms with Crippen molar-refractivity contribution in [3.63, 3.8) is 0 Å². The van der Waals surface area contributed by atoms with E-state index in [0.717, 1.165) is 25.4 Å². The number of quaternary nitrogens is 1. The molecule has 1 unspecified atom stereocenters. The number of benzene rings is 1. The molecule has 0 aliphatic heterocycles. The minimum absolute atomic E-state index is 0.